The Labute approximate surface area is 268 Å². The molecule has 4 nitrogen and oxygen atoms in total. The molecule has 1 N–H and O–H groups in total. The predicted octanol–water partition coefficient (Wildman–Crippen LogP) is 8.50. The van der Waals surface area contributed by atoms with Crippen molar-refractivity contribution in [3.63, 3.8) is 0 Å². The zero-order valence-corrected chi connectivity index (χ0v) is 28.9. The molecule has 0 bridgehead atoms. The Morgan fingerprint density at radius 3 is 2.18 bits per heavy atom. The molecule has 4 heteroatoms. The number of hydrogen-bond acceptors (Lipinski definition) is 3. The number of rotatable bonds is 2. The molecule has 1 amide bonds. The summed E-state index contributed by atoms with van der Waals surface area (Å²) in [6.45, 7) is 21.0. The summed E-state index contributed by atoms with van der Waals surface area (Å²) in [7, 11) is 0. The third kappa shape index (κ3) is 4.20. The largest absolute Gasteiger partial charge is 0.393 e. The number of aliphatic hydroxyl groups excluding tert-OH is 1. The lowest BCUT2D eigenvalue weighted by Crippen LogP contribution is -2.64. The predicted molar refractivity (Wildman–Crippen MR) is 180 cm³/mol. The van der Waals surface area contributed by atoms with Gasteiger partial charge in [-0.05, 0) is 121 Å². The van der Waals surface area contributed by atoms with Crippen LogP contribution in [0.15, 0.2) is 42.0 Å². The van der Waals surface area contributed by atoms with E-state index < -0.39 is 0 Å². The van der Waals surface area contributed by atoms with Gasteiger partial charge < -0.3 is 14.9 Å². The van der Waals surface area contributed by atoms with Gasteiger partial charge in [0, 0.05) is 37.3 Å². The summed E-state index contributed by atoms with van der Waals surface area (Å²) in [4.78, 5) is 19.0. The summed E-state index contributed by atoms with van der Waals surface area (Å²) in [5, 5.41) is 11.1. The Morgan fingerprint density at radius 1 is 0.795 bits per heavy atom. The molecule has 1 aromatic carbocycles. The molecule has 1 aliphatic heterocycles. The highest BCUT2D eigenvalue weighted by Gasteiger charge is 2.68. The Hall–Kier alpha value is -1.81. The first-order valence-electron chi connectivity index (χ1n) is 18.2. The fraction of sp³-hybridized carbons (Fsp3) is 0.775. The van der Waals surface area contributed by atoms with Crippen LogP contribution in [0, 0.1) is 50.2 Å². The summed E-state index contributed by atoms with van der Waals surface area (Å²) < 4.78 is 0. The van der Waals surface area contributed by atoms with Crippen LogP contribution in [0.5, 0.6) is 0 Å². The van der Waals surface area contributed by atoms with Crippen molar-refractivity contribution in [2.45, 2.75) is 119 Å². The van der Waals surface area contributed by atoms with Gasteiger partial charge in [0.2, 0.25) is 5.91 Å². The molecule has 9 atom stereocenters. The van der Waals surface area contributed by atoms with Crippen molar-refractivity contribution in [2.24, 2.45) is 50.2 Å². The highest BCUT2D eigenvalue weighted by molar-refractivity contribution is 5.83. The molecular weight excluding hydrogens is 540 g/mol. The fourth-order valence-electron chi connectivity index (χ4n) is 12.7. The Bertz CT molecular complexity index is 1310. The second-order valence-corrected chi connectivity index (χ2v) is 18.3. The number of anilines is 1. The van der Waals surface area contributed by atoms with E-state index in [0.29, 0.717) is 29.1 Å². The fourth-order valence-corrected chi connectivity index (χ4v) is 12.7. The van der Waals surface area contributed by atoms with E-state index in [4.69, 9.17) is 0 Å². The zero-order chi connectivity index (χ0) is 31.3. The lowest BCUT2D eigenvalue weighted by Gasteiger charge is -2.71. The quantitative estimate of drug-likeness (QED) is 0.346. The van der Waals surface area contributed by atoms with E-state index in [9.17, 15) is 9.90 Å². The zero-order valence-electron chi connectivity index (χ0n) is 28.9. The third-order valence-corrected chi connectivity index (χ3v) is 16.0. The molecule has 1 heterocycles. The lowest BCUT2D eigenvalue weighted by molar-refractivity contribution is -0.203. The van der Waals surface area contributed by atoms with E-state index in [1.54, 1.807) is 5.57 Å². The number of benzene rings is 1. The first-order valence-corrected chi connectivity index (χ1v) is 18.2. The van der Waals surface area contributed by atoms with Crippen molar-refractivity contribution in [3.05, 3.63) is 42.0 Å². The smallest absolute Gasteiger partial charge is 0.228 e. The molecule has 242 valence electrons. The van der Waals surface area contributed by atoms with E-state index >= 15 is 0 Å². The van der Waals surface area contributed by atoms with Crippen LogP contribution in [-0.2, 0) is 4.79 Å². The van der Waals surface area contributed by atoms with Crippen molar-refractivity contribution >= 4 is 11.6 Å². The second-order valence-electron chi connectivity index (χ2n) is 18.3. The second kappa shape index (κ2) is 10.1. The standard InChI is InChI=1S/C40H60N2O2/c1-35(2)31-15-18-40(7)32(38(31,5)17-16-33(35)43)14-13-29-30-27-37(4,20-19-36(30,3)21-22-39(29,40)6)34(44)42-25-23-41(24-26-42)28-11-9-8-10-12-28/h8-13,30-33,43H,14-27H2,1-7H3/t30-,31-,32+,33-,36+,37-,38-,39+,40+/m0/s1. The summed E-state index contributed by atoms with van der Waals surface area (Å²) >= 11 is 0. The van der Waals surface area contributed by atoms with Crippen molar-refractivity contribution in [1.29, 1.82) is 0 Å². The van der Waals surface area contributed by atoms with E-state index in [0.717, 1.165) is 51.9 Å². The Kier molecular flexibility index (Phi) is 7.07. The summed E-state index contributed by atoms with van der Waals surface area (Å²) in [6, 6.07) is 10.7. The number of fused-ring (bicyclic) bond motifs is 7. The lowest BCUT2D eigenvalue weighted by atomic mass is 9.33. The number of amides is 1. The molecule has 0 radical (unpaired) electrons. The first kappa shape index (κ1) is 30.8. The minimum Gasteiger partial charge on any atom is -0.393 e. The molecule has 1 saturated heterocycles. The molecular formula is C40H60N2O2. The van der Waals surface area contributed by atoms with Gasteiger partial charge in [-0.15, -0.1) is 0 Å². The number of hydrogen-bond donors (Lipinski definition) is 1. The average Bonchev–Trinajstić information content (AvgIpc) is 3.01. The maximum absolute atomic E-state index is 14.4. The number of para-hydroxylation sites is 1. The molecule has 0 aromatic heterocycles. The van der Waals surface area contributed by atoms with Gasteiger partial charge in [-0.3, -0.25) is 4.79 Å². The molecule has 7 rings (SSSR count). The minimum atomic E-state index is -0.275. The SMILES string of the molecule is CC1(C)[C@@H](O)CC[C@]2(C)[C@H]3CC=C4[C@@H]5C[C@@](C)(C(=O)N6CCN(c7ccccc7)CC6)CC[C@]5(C)CC[C@@]4(C)[C@]3(C)CC[C@@H]12. The van der Waals surface area contributed by atoms with Crippen molar-refractivity contribution in [3.8, 4) is 0 Å². The van der Waals surface area contributed by atoms with Crippen LogP contribution in [0.1, 0.15) is 113 Å². The maximum atomic E-state index is 14.4. The first-order chi connectivity index (χ1) is 20.7. The molecule has 4 saturated carbocycles. The summed E-state index contributed by atoms with van der Waals surface area (Å²) in [6.07, 6.45) is 14.1. The maximum Gasteiger partial charge on any atom is 0.228 e. The number of carbonyl (C=O) groups excluding carboxylic acids is 1. The molecule has 1 aromatic rings. The number of allylic oxidation sites excluding steroid dienone is 2. The summed E-state index contributed by atoms with van der Waals surface area (Å²) in [5.74, 6) is 2.16. The number of carbonyl (C=O) groups is 1. The third-order valence-electron chi connectivity index (χ3n) is 16.0. The van der Waals surface area contributed by atoms with E-state index in [-0.39, 0.29) is 33.2 Å². The van der Waals surface area contributed by atoms with Gasteiger partial charge in [0.15, 0.2) is 0 Å². The monoisotopic (exact) mass is 600 g/mol. The van der Waals surface area contributed by atoms with Gasteiger partial charge >= 0.3 is 0 Å². The molecule has 6 aliphatic rings. The van der Waals surface area contributed by atoms with Gasteiger partial charge in [0.1, 0.15) is 0 Å². The topological polar surface area (TPSA) is 43.8 Å². The van der Waals surface area contributed by atoms with Crippen molar-refractivity contribution < 1.29 is 9.90 Å². The van der Waals surface area contributed by atoms with Crippen LogP contribution >= 0.6 is 0 Å². The van der Waals surface area contributed by atoms with Crippen LogP contribution in [0.3, 0.4) is 0 Å². The normalized spacial score (nSPS) is 46.6. The Balaban J connectivity index is 1.14. The van der Waals surface area contributed by atoms with Crippen LogP contribution in [-0.4, -0.2) is 48.2 Å². The number of piperazine rings is 1. The van der Waals surface area contributed by atoms with Gasteiger partial charge in [-0.25, -0.2) is 0 Å². The molecule has 5 fully saturated rings. The molecule has 44 heavy (non-hydrogen) atoms. The van der Waals surface area contributed by atoms with Gasteiger partial charge in [0.25, 0.3) is 0 Å². The molecule has 0 unspecified atom stereocenters. The average molecular weight is 601 g/mol. The van der Waals surface area contributed by atoms with Crippen molar-refractivity contribution in [2.75, 3.05) is 31.1 Å². The van der Waals surface area contributed by atoms with Crippen LogP contribution in [0.25, 0.3) is 0 Å². The molecule has 0 spiro atoms. The number of nitrogens with zero attached hydrogens (tertiary/aromatic N) is 2. The highest BCUT2D eigenvalue weighted by atomic mass is 16.3. The van der Waals surface area contributed by atoms with Crippen LogP contribution < -0.4 is 4.90 Å². The van der Waals surface area contributed by atoms with E-state index in [2.05, 4.69) is 94.7 Å². The van der Waals surface area contributed by atoms with Gasteiger partial charge in [-0.2, -0.15) is 0 Å². The minimum absolute atomic E-state index is 0.0114. The Morgan fingerprint density at radius 2 is 1.48 bits per heavy atom. The number of aliphatic hydroxyl groups is 1. The highest BCUT2D eigenvalue weighted by Crippen LogP contribution is 2.75. The molecule has 5 aliphatic carbocycles. The van der Waals surface area contributed by atoms with E-state index in [1.807, 2.05) is 0 Å². The van der Waals surface area contributed by atoms with Crippen LogP contribution in [0.4, 0.5) is 5.69 Å². The van der Waals surface area contributed by atoms with Gasteiger partial charge in [-0.1, -0.05) is 78.3 Å². The van der Waals surface area contributed by atoms with Gasteiger partial charge in [0.05, 0.1) is 6.10 Å². The van der Waals surface area contributed by atoms with Crippen LogP contribution in [0.2, 0.25) is 0 Å². The van der Waals surface area contributed by atoms with Crippen molar-refractivity contribution in [1.82, 2.24) is 4.90 Å². The summed E-state index contributed by atoms with van der Waals surface area (Å²) in [5.41, 5.74) is 3.76. The van der Waals surface area contributed by atoms with E-state index in [1.165, 1.54) is 44.2 Å².